The highest BCUT2D eigenvalue weighted by Gasteiger charge is 2.16. The Morgan fingerprint density at radius 2 is 2.00 bits per heavy atom. The lowest BCUT2D eigenvalue weighted by atomic mass is 10.0. The first kappa shape index (κ1) is 15.6. The lowest BCUT2D eigenvalue weighted by Crippen LogP contribution is -2.12. The van der Waals surface area contributed by atoms with E-state index in [0.717, 1.165) is 17.7 Å². The summed E-state index contributed by atoms with van der Waals surface area (Å²) in [6.07, 6.45) is 0.756. The number of hydrogen-bond donors (Lipinski definition) is 1. The van der Waals surface area contributed by atoms with Crippen molar-refractivity contribution in [2.45, 2.75) is 26.3 Å². The van der Waals surface area contributed by atoms with E-state index in [9.17, 15) is 4.39 Å². The largest absolute Gasteiger partial charge is 0.495 e. The third kappa shape index (κ3) is 3.48. The van der Waals surface area contributed by atoms with Gasteiger partial charge in [0.1, 0.15) is 11.6 Å². The molecule has 1 N–H and O–H groups in total. The minimum Gasteiger partial charge on any atom is -0.495 e. The van der Waals surface area contributed by atoms with Crippen LogP contribution in [0.1, 0.15) is 30.5 Å². The van der Waals surface area contributed by atoms with E-state index in [1.54, 1.807) is 25.3 Å². The van der Waals surface area contributed by atoms with Crippen LogP contribution in [0.25, 0.3) is 0 Å². The summed E-state index contributed by atoms with van der Waals surface area (Å²) < 4.78 is 19.3. The zero-order valence-corrected chi connectivity index (χ0v) is 13.2. The fourth-order valence-corrected chi connectivity index (χ4v) is 2.44. The predicted octanol–water partition coefficient (Wildman–Crippen LogP) is 5.36. The van der Waals surface area contributed by atoms with Gasteiger partial charge in [-0.15, -0.1) is 0 Å². The Kier molecular flexibility index (Phi) is 5.07. The Labute approximate surface area is 129 Å². The smallest absolute Gasteiger partial charge is 0.143 e. The van der Waals surface area contributed by atoms with Gasteiger partial charge >= 0.3 is 0 Å². The van der Waals surface area contributed by atoms with E-state index in [0.29, 0.717) is 16.3 Å². The van der Waals surface area contributed by atoms with Gasteiger partial charge in [-0.05, 0) is 31.0 Å². The molecular weight excluding hydrogens is 289 g/mol. The fraction of sp³-hybridized carbons (Fsp3) is 0.294. The average Bonchev–Trinajstić information content (AvgIpc) is 2.48. The summed E-state index contributed by atoms with van der Waals surface area (Å²) in [6, 6.07) is 10.4. The maximum atomic E-state index is 14.0. The molecule has 2 nitrogen and oxygen atoms in total. The highest BCUT2D eigenvalue weighted by molar-refractivity contribution is 6.31. The number of benzene rings is 2. The van der Waals surface area contributed by atoms with E-state index < -0.39 is 0 Å². The van der Waals surface area contributed by atoms with Gasteiger partial charge in [0, 0.05) is 16.7 Å². The molecule has 21 heavy (non-hydrogen) atoms. The van der Waals surface area contributed by atoms with Crippen LogP contribution in [0.5, 0.6) is 5.75 Å². The molecule has 0 aliphatic rings. The molecule has 0 saturated carbocycles. The van der Waals surface area contributed by atoms with Crippen LogP contribution in [0.3, 0.4) is 0 Å². The van der Waals surface area contributed by atoms with Crippen molar-refractivity contribution in [3.05, 3.63) is 58.4 Å². The molecular formula is C17H19ClFNO. The summed E-state index contributed by atoms with van der Waals surface area (Å²) in [5.74, 6) is 0.446. The summed E-state index contributed by atoms with van der Waals surface area (Å²) in [5.41, 5.74) is 2.41. The number of halogens is 2. The van der Waals surface area contributed by atoms with Gasteiger partial charge in [0.2, 0.25) is 0 Å². The molecule has 0 aliphatic heterocycles. The van der Waals surface area contributed by atoms with E-state index in [1.165, 1.54) is 6.07 Å². The molecule has 0 aliphatic carbocycles. The molecule has 1 unspecified atom stereocenters. The summed E-state index contributed by atoms with van der Waals surface area (Å²) >= 11 is 6.11. The summed E-state index contributed by atoms with van der Waals surface area (Å²) in [6.45, 7) is 3.94. The fourth-order valence-electron chi connectivity index (χ4n) is 2.29. The van der Waals surface area contributed by atoms with Gasteiger partial charge in [0.25, 0.3) is 0 Å². The van der Waals surface area contributed by atoms with Gasteiger partial charge in [0.15, 0.2) is 0 Å². The van der Waals surface area contributed by atoms with Crippen molar-refractivity contribution >= 4 is 17.3 Å². The molecule has 1 atom stereocenters. The topological polar surface area (TPSA) is 21.3 Å². The van der Waals surface area contributed by atoms with Crippen molar-refractivity contribution in [1.82, 2.24) is 0 Å². The molecule has 0 saturated heterocycles. The van der Waals surface area contributed by atoms with Crippen LogP contribution in [-0.2, 0) is 0 Å². The number of methoxy groups -OCH3 is 1. The molecule has 2 aromatic carbocycles. The zero-order valence-electron chi connectivity index (χ0n) is 12.4. The van der Waals surface area contributed by atoms with Crippen molar-refractivity contribution in [3.63, 3.8) is 0 Å². The van der Waals surface area contributed by atoms with Crippen molar-refractivity contribution in [1.29, 1.82) is 0 Å². The molecule has 112 valence electrons. The van der Waals surface area contributed by atoms with Gasteiger partial charge in [0.05, 0.1) is 18.8 Å². The van der Waals surface area contributed by atoms with Crippen LogP contribution in [0.15, 0.2) is 36.4 Å². The molecule has 0 bridgehead atoms. The average molecular weight is 308 g/mol. The summed E-state index contributed by atoms with van der Waals surface area (Å²) in [5, 5.41) is 4.00. The predicted molar refractivity (Wildman–Crippen MR) is 85.8 cm³/mol. The summed E-state index contributed by atoms with van der Waals surface area (Å²) in [4.78, 5) is 0. The first-order valence-electron chi connectivity index (χ1n) is 6.92. The van der Waals surface area contributed by atoms with Crippen molar-refractivity contribution in [2.75, 3.05) is 12.4 Å². The SMILES string of the molecule is CCC(Nc1cc(C)c(Cl)cc1OC)c1ccccc1F. The minimum absolute atomic E-state index is 0.124. The molecule has 0 radical (unpaired) electrons. The molecule has 0 aromatic heterocycles. The second-order valence-electron chi connectivity index (χ2n) is 4.93. The Hall–Kier alpha value is -1.74. The van der Waals surface area contributed by atoms with E-state index in [2.05, 4.69) is 5.32 Å². The van der Waals surface area contributed by atoms with Crippen molar-refractivity contribution in [3.8, 4) is 5.75 Å². The molecule has 4 heteroatoms. The van der Waals surface area contributed by atoms with Gasteiger partial charge in [-0.3, -0.25) is 0 Å². The number of aryl methyl sites for hydroxylation is 1. The van der Waals surface area contributed by atoms with E-state index >= 15 is 0 Å². The third-order valence-corrected chi connectivity index (χ3v) is 3.91. The highest BCUT2D eigenvalue weighted by Crippen LogP contribution is 2.34. The lowest BCUT2D eigenvalue weighted by molar-refractivity contribution is 0.415. The molecule has 2 rings (SSSR count). The highest BCUT2D eigenvalue weighted by atomic mass is 35.5. The number of anilines is 1. The molecule has 0 amide bonds. The number of hydrogen-bond acceptors (Lipinski definition) is 2. The normalized spacial score (nSPS) is 12.0. The standard InChI is InChI=1S/C17H19ClFNO/c1-4-15(12-7-5-6-8-14(12)19)20-16-9-11(2)13(18)10-17(16)21-3/h5-10,15,20H,4H2,1-3H3. The first-order valence-corrected chi connectivity index (χ1v) is 7.29. The Morgan fingerprint density at radius 1 is 1.29 bits per heavy atom. The number of nitrogens with one attached hydrogen (secondary N) is 1. The van der Waals surface area contributed by atoms with Crippen LogP contribution >= 0.6 is 11.6 Å². The summed E-state index contributed by atoms with van der Waals surface area (Å²) in [7, 11) is 1.59. The van der Waals surface area contributed by atoms with Crippen LogP contribution in [-0.4, -0.2) is 7.11 Å². The molecule has 0 heterocycles. The van der Waals surface area contributed by atoms with E-state index in [4.69, 9.17) is 16.3 Å². The van der Waals surface area contributed by atoms with Crippen LogP contribution in [0.4, 0.5) is 10.1 Å². The second-order valence-corrected chi connectivity index (χ2v) is 5.34. The maximum absolute atomic E-state index is 14.0. The monoisotopic (exact) mass is 307 g/mol. The van der Waals surface area contributed by atoms with Crippen molar-refractivity contribution < 1.29 is 9.13 Å². The molecule has 0 fully saturated rings. The third-order valence-electron chi connectivity index (χ3n) is 3.50. The Bertz CT molecular complexity index is 630. The number of ether oxygens (including phenoxy) is 1. The van der Waals surface area contributed by atoms with Gasteiger partial charge < -0.3 is 10.1 Å². The molecule has 0 spiro atoms. The first-order chi connectivity index (χ1) is 10.1. The lowest BCUT2D eigenvalue weighted by Gasteiger charge is -2.21. The van der Waals surface area contributed by atoms with Crippen molar-refractivity contribution in [2.24, 2.45) is 0 Å². The van der Waals surface area contributed by atoms with Crippen LogP contribution in [0, 0.1) is 12.7 Å². The van der Waals surface area contributed by atoms with Gasteiger partial charge in [-0.25, -0.2) is 4.39 Å². The Morgan fingerprint density at radius 3 is 2.62 bits per heavy atom. The zero-order chi connectivity index (χ0) is 15.4. The number of rotatable bonds is 5. The van der Waals surface area contributed by atoms with Gasteiger partial charge in [-0.1, -0.05) is 36.7 Å². The Balaban J connectivity index is 2.35. The quantitative estimate of drug-likeness (QED) is 0.803. The van der Waals surface area contributed by atoms with Gasteiger partial charge in [-0.2, -0.15) is 0 Å². The van der Waals surface area contributed by atoms with Crippen LogP contribution in [0.2, 0.25) is 5.02 Å². The van der Waals surface area contributed by atoms with E-state index in [-0.39, 0.29) is 11.9 Å². The minimum atomic E-state index is -0.207. The second kappa shape index (κ2) is 6.81. The molecule has 2 aromatic rings. The maximum Gasteiger partial charge on any atom is 0.143 e. The van der Waals surface area contributed by atoms with Crippen LogP contribution < -0.4 is 10.1 Å². The van der Waals surface area contributed by atoms with E-state index in [1.807, 2.05) is 26.0 Å².